The molecule has 1 fully saturated rings. The van der Waals surface area contributed by atoms with Crippen LogP contribution in [0.25, 0.3) is 0 Å². The van der Waals surface area contributed by atoms with Crippen molar-refractivity contribution in [2.45, 2.75) is 19.3 Å². The molecule has 2 atom stereocenters. The largest absolute Gasteiger partial charge is 0.301 e. The summed E-state index contributed by atoms with van der Waals surface area (Å²) < 4.78 is 0. The molecule has 22 heavy (non-hydrogen) atoms. The average molecular weight is 302 g/mol. The number of nitro groups is 2. The van der Waals surface area contributed by atoms with Crippen LogP contribution in [0, 0.1) is 32.1 Å². The lowest BCUT2D eigenvalue weighted by atomic mass is 9.75. The zero-order chi connectivity index (χ0) is 15.7. The molecule has 1 N–H and O–H groups in total. The van der Waals surface area contributed by atoms with Crippen LogP contribution in [0.3, 0.4) is 0 Å². The lowest BCUT2D eigenvalue weighted by Gasteiger charge is -2.31. The van der Waals surface area contributed by atoms with Crippen molar-refractivity contribution in [1.82, 2.24) is 0 Å². The highest BCUT2D eigenvalue weighted by Crippen LogP contribution is 2.35. The van der Waals surface area contributed by atoms with Gasteiger partial charge in [0.25, 0.3) is 5.69 Å². The molecular weight excluding hydrogens is 288 g/mol. The van der Waals surface area contributed by atoms with Gasteiger partial charge in [-0.25, -0.2) is 0 Å². The van der Waals surface area contributed by atoms with E-state index in [0.717, 1.165) is 31.0 Å². The van der Waals surface area contributed by atoms with Crippen LogP contribution >= 0.6 is 0 Å². The van der Waals surface area contributed by atoms with Gasteiger partial charge in [-0.2, -0.15) is 5.10 Å². The predicted octanol–water partition coefficient (Wildman–Crippen LogP) is 3.26. The van der Waals surface area contributed by atoms with Crippen LogP contribution in [0.2, 0.25) is 0 Å². The number of non-ortho nitro benzene ring substituents is 1. The van der Waals surface area contributed by atoms with Crippen molar-refractivity contribution in [2.75, 3.05) is 5.43 Å². The van der Waals surface area contributed by atoms with Gasteiger partial charge in [0.2, 0.25) is 0 Å². The van der Waals surface area contributed by atoms with Gasteiger partial charge in [0.15, 0.2) is 0 Å². The molecule has 4 rings (SSSR count). The van der Waals surface area contributed by atoms with Crippen LogP contribution in [0.4, 0.5) is 17.1 Å². The first kappa shape index (κ1) is 14.2. The van der Waals surface area contributed by atoms with Crippen molar-refractivity contribution in [3.8, 4) is 0 Å². The number of nitro benzene ring substituents is 2. The summed E-state index contributed by atoms with van der Waals surface area (Å²) in [6.07, 6.45) is 7.38. The minimum absolute atomic E-state index is 0.161. The summed E-state index contributed by atoms with van der Waals surface area (Å²) in [5.41, 5.74) is 3.18. The highest BCUT2D eigenvalue weighted by atomic mass is 16.6. The summed E-state index contributed by atoms with van der Waals surface area (Å²) in [5, 5.41) is 26.1. The first-order chi connectivity index (χ1) is 10.5. The van der Waals surface area contributed by atoms with Crippen LogP contribution in [0.1, 0.15) is 19.3 Å². The summed E-state index contributed by atoms with van der Waals surface area (Å²) in [7, 11) is 0. The summed E-state index contributed by atoms with van der Waals surface area (Å²) in [6, 6.07) is 3.48. The first-order valence-electron chi connectivity index (χ1n) is 6.98. The van der Waals surface area contributed by atoms with Crippen LogP contribution in [0.15, 0.2) is 35.5 Å². The Morgan fingerprint density at radius 1 is 1.14 bits per heavy atom. The van der Waals surface area contributed by atoms with Gasteiger partial charge in [0, 0.05) is 17.7 Å². The third-order valence-electron chi connectivity index (χ3n) is 4.07. The van der Waals surface area contributed by atoms with E-state index in [1.807, 2.05) is 0 Å². The molecule has 3 aliphatic rings. The molecule has 0 heterocycles. The molecule has 0 saturated heterocycles. The van der Waals surface area contributed by atoms with E-state index in [0.29, 0.717) is 5.92 Å². The molecule has 8 heteroatoms. The maximum atomic E-state index is 11.1. The van der Waals surface area contributed by atoms with E-state index in [1.165, 1.54) is 12.1 Å². The van der Waals surface area contributed by atoms with E-state index in [9.17, 15) is 20.2 Å². The molecule has 2 bridgehead atoms. The number of fused-ring (bicyclic) bond motifs is 2. The van der Waals surface area contributed by atoms with Gasteiger partial charge in [-0.3, -0.25) is 25.7 Å². The highest BCUT2D eigenvalue weighted by Gasteiger charge is 2.28. The van der Waals surface area contributed by atoms with Gasteiger partial charge in [0.05, 0.1) is 15.9 Å². The quantitative estimate of drug-likeness (QED) is 0.521. The number of anilines is 1. The smallest absolute Gasteiger partial charge is 0.272 e. The maximum absolute atomic E-state index is 11.1. The average Bonchev–Trinajstić information content (AvgIpc) is 2.53. The van der Waals surface area contributed by atoms with Crippen molar-refractivity contribution in [1.29, 1.82) is 0 Å². The molecule has 114 valence electrons. The second-order valence-electron chi connectivity index (χ2n) is 5.46. The van der Waals surface area contributed by atoms with E-state index < -0.39 is 9.85 Å². The lowest BCUT2D eigenvalue weighted by molar-refractivity contribution is -0.393. The molecule has 0 radical (unpaired) electrons. The molecule has 1 aromatic carbocycles. The molecule has 0 aromatic heterocycles. The number of nitrogens with one attached hydrogen (secondary N) is 1. The molecule has 1 aromatic rings. The minimum atomic E-state index is -0.659. The molecule has 0 unspecified atom stereocenters. The predicted molar refractivity (Wildman–Crippen MR) is 80.8 cm³/mol. The van der Waals surface area contributed by atoms with Gasteiger partial charge in [-0.05, 0) is 31.2 Å². The lowest BCUT2D eigenvalue weighted by Crippen LogP contribution is -2.28. The Morgan fingerprint density at radius 3 is 2.50 bits per heavy atom. The molecule has 1 saturated carbocycles. The number of hydrazone groups is 1. The Morgan fingerprint density at radius 2 is 1.95 bits per heavy atom. The fourth-order valence-electron chi connectivity index (χ4n) is 2.88. The topological polar surface area (TPSA) is 111 Å². The number of allylic oxidation sites excluding steroid dienone is 2. The Labute approximate surface area is 125 Å². The molecule has 0 amide bonds. The van der Waals surface area contributed by atoms with Gasteiger partial charge < -0.3 is 0 Å². The minimum Gasteiger partial charge on any atom is -0.272 e. The summed E-state index contributed by atoms with van der Waals surface area (Å²) >= 11 is 0. The van der Waals surface area contributed by atoms with Crippen molar-refractivity contribution in [2.24, 2.45) is 16.9 Å². The fraction of sp³-hybridized carbons (Fsp3) is 0.357. The number of hydrogen-bond donors (Lipinski definition) is 1. The summed E-state index contributed by atoms with van der Waals surface area (Å²) in [6.45, 7) is 0. The summed E-state index contributed by atoms with van der Waals surface area (Å²) in [4.78, 5) is 20.5. The molecule has 0 spiro atoms. The third kappa shape index (κ3) is 2.67. The maximum Gasteiger partial charge on any atom is 0.301 e. The van der Waals surface area contributed by atoms with E-state index in [-0.39, 0.29) is 23.0 Å². The van der Waals surface area contributed by atoms with Gasteiger partial charge in [0.1, 0.15) is 5.69 Å². The number of rotatable bonds is 4. The number of benzene rings is 1. The van der Waals surface area contributed by atoms with E-state index in [1.54, 1.807) is 0 Å². The highest BCUT2D eigenvalue weighted by molar-refractivity contribution is 5.91. The normalized spacial score (nSPS) is 24.5. The Kier molecular flexibility index (Phi) is 3.58. The zero-order valence-electron chi connectivity index (χ0n) is 11.6. The SMILES string of the molecule is O=[N+]([O-])c1ccc(N/N=C2\C[C@@H]3C=C[C@H]2CC3)c([N+](=O)[O-])c1. The first-order valence-corrected chi connectivity index (χ1v) is 6.98. The molecule has 3 aliphatic carbocycles. The van der Waals surface area contributed by atoms with Crippen LogP contribution in [-0.2, 0) is 0 Å². The third-order valence-corrected chi connectivity index (χ3v) is 4.07. The Hall–Kier alpha value is -2.77. The molecular formula is C14H14N4O4. The standard InChI is InChI=1S/C14H14N4O4/c19-17(20)11-5-6-12(14(8-11)18(21)22)15-16-13-7-9-1-3-10(13)4-2-9/h1,3,5-6,8-10,15H,2,4,7H2/b16-13+/t9-,10+/m1/s1. The zero-order valence-corrected chi connectivity index (χ0v) is 11.6. The monoisotopic (exact) mass is 302 g/mol. The van der Waals surface area contributed by atoms with Crippen LogP contribution in [0.5, 0.6) is 0 Å². The Balaban J connectivity index is 1.85. The second-order valence-corrected chi connectivity index (χ2v) is 5.46. The van der Waals surface area contributed by atoms with Gasteiger partial charge in [-0.1, -0.05) is 12.2 Å². The van der Waals surface area contributed by atoms with Crippen LogP contribution in [-0.4, -0.2) is 15.6 Å². The van der Waals surface area contributed by atoms with Gasteiger partial charge in [-0.15, -0.1) is 0 Å². The fourth-order valence-corrected chi connectivity index (χ4v) is 2.88. The van der Waals surface area contributed by atoms with Crippen molar-refractivity contribution < 1.29 is 9.85 Å². The Bertz CT molecular complexity index is 698. The van der Waals surface area contributed by atoms with E-state index >= 15 is 0 Å². The van der Waals surface area contributed by atoms with E-state index in [4.69, 9.17) is 0 Å². The van der Waals surface area contributed by atoms with Crippen molar-refractivity contribution in [3.05, 3.63) is 50.6 Å². The molecule has 8 nitrogen and oxygen atoms in total. The van der Waals surface area contributed by atoms with E-state index in [2.05, 4.69) is 22.7 Å². The number of hydrogen-bond acceptors (Lipinski definition) is 6. The van der Waals surface area contributed by atoms with Crippen molar-refractivity contribution >= 4 is 22.8 Å². The summed E-state index contributed by atoms with van der Waals surface area (Å²) in [5.74, 6) is 0.784. The number of nitrogens with zero attached hydrogens (tertiary/aromatic N) is 3. The molecule has 0 aliphatic heterocycles. The second kappa shape index (κ2) is 5.55. The van der Waals surface area contributed by atoms with Crippen LogP contribution < -0.4 is 5.43 Å². The van der Waals surface area contributed by atoms with Crippen molar-refractivity contribution in [3.63, 3.8) is 0 Å². The van der Waals surface area contributed by atoms with Gasteiger partial charge >= 0.3 is 5.69 Å².